The number of hydrogen-bond donors (Lipinski definition) is 4. The molecule has 0 spiro atoms. The van der Waals surface area contributed by atoms with Crippen LogP contribution in [0.5, 0.6) is 5.75 Å². The van der Waals surface area contributed by atoms with Crippen molar-refractivity contribution in [3.63, 3.8) is 0 Å². The van der Waals surface area contributed by atoms with Gasteiger partial charge in [0.05, 0.1) is 29.6 Å². The highest BCUT2D eigenvalue weighted by atomic mass is 35.5. The van der Waals surface area contributed by atoms with Crippen molar-refractivity contribution in [1.82, 2.24) is 20.2 Å². The monoisotopic (exact) mass is 532 g/mol. The standard InChI is InChI=1S/C25H27ClF2N6O3/c1-14(11-30-9-8-29)12-32-24(35)16-5-4-15(10-18(16)26)33-25(36)23-31-13-19(34(23)2)17-6-7-20(37-3)22(28)21(17)27/h4-7,10-11,13,30H,8-9,12,29H2,1-3H3,(H,32,35)(H,33,36)/b14-11+. The molecule has 0 saturated carbocycles. The first-order chi connectivity index (χ1) is 17.7. The molecule has 0 radical (unpaired) electrons. The van der Waals surface area contributed by atoms with Gasteiger partial charge in [0.15, 0.2) is 17.4 Å². The molecular weight excluding hydrogens is 506 g/mol. The summed E-state index contributed by atoms with van der Waals surface area (Å²) in [5, 5.41) is 8.56. The van der Waals surface area contributed by atoms with Crippen molar-refractivity contribution in [2.45, 2.75) is 6.92 Å². The van der Waals surface area contributed by atoms with Gasteiger partial charge in [-0.3, -0.25) is 9.59 Å². The third kappa shape index (κ3) is 6.43. The second-order valence-electron chi connectivity index (χ2n) is 8.03. The molecule has 0 atom stereocenters. The van der Waals surface area contributed by atoms with Crippen molar-refractivity contribution in [2.24, 2.45) is 12.8 Å². The molecule has 37 heavy (non-hydrogen) atoms. The smallest absolute Gasteiger partial charge is 0.291 e. The Morgan fingerprint density at radius 1 is 1.19 bits per heavy atom. The molecule has 12 heteroatoms. The molecule has 1 heterocycles. The van der Waals surface area contributed by atoms with Crippen LogP contribution in [0.2, 0.25) is 5.02 Å². The molecule has 0 bridgehead atoms. The Morgan fingerprint density at radius 2 is 1.95 bits per heavy atom. The minimum atomic E-state index is -1.14. The lowest BCUT2D eigenvalue weighted by Gasteiger charge is -2.11. The van der Waals surface area contributed by atoms with Gasteiger partial charge in [-0.25, -0.2) is 9.37 Å². The van der Waals surface area contributed by atoms with Crippen LogP contribution >= 0.6 is 11.6 Å². The molecule has 0 fully saturated rings. The van der Waals surface area contributed by atoms with Gasteiger partial charge in [-0.15, -0.1) is 0 Å². The second kappa shape index (κ2) is 12.3. The number of aromatic nitrogens is 2. The first kappa shape index (κ1) is 27.6. The summed E-state index contributed by atoms with van der Waals surface area (Å²) in [6, 6.07) is 7.07. The van der Waals surface area contributed by atoms with E-state index in [1.165, 1.54) is 55.3 Å². The van der Waals surface area contributed by atoms with Gasteiger partial charge in [-0.05, 0) is 49.0 Å². The van der Waals surface area contributed by atoms with E-state index in [0.29, 0.717) is 25.3 Å². The van der Waals surface area contributed by atoms with E-state index in [1.807, 2.05) is 6.92 Å². The normalized spacial score (nSPS) is 11.3. The zero-order valence-electron chi connectivity index (χ0n) is 20.5. The van der Waals surface area contributed by atoms with Gasteiger partial charge in [0.1, 0.15) is 0 Å². The Morgan fingerprint density at radius 3 is 2.62 bits per heavy atom. The van der Waals surface area contributed by atoms with Crippen molar-refractivity contribution >= 4 is 29.1 Å². The summed E-state index contributed by atoms with van der Waals surface area (Å²) in [6.07, 6.45) is 3.04. The maximum Gasteiger partial charge on any atom is 0.291 e. The van der Waals surface area contributed by atoms with E-state index < -0.39 is 17.5 Å². The van der Waals surface area contributed by atoms with E-state index in [-0.39, 0.29) is 39.3 Å². The second-order valence-corrected chi connectivity index (χ2v) is 8.44. The van der Waals surface area contributed by atoms with E-state index in [1.54, 1.807) is 6.20 Å². The van der Waals surface area contributed by atoms with Crippen LogP contribution in [-0.4, -0.2) is 48.1 Å². The molecule has 5 N–H and O–H groups in total. The SMILES string of the molecule is COc1ccc(-c2cnc(C(=O)Nc3ccc(C(=O)NC/C(C)=C/NCCN)c(Cl)c3)n2C)c(F)c1F. The summed E-state index contributed by atoms with van der Waals surface area (Å²) in [4.78, 5) is 29.4. The summed E-state index contributed by atoms with van der Waals surface area (Å²) >= 11 is 6.28. The van der Waals surface area contributed by atoms with Crippen LogP contribution in [-0.2, 0) is 7.05 Å². The van der Waals surface area contributed by atoms with Crippen LogP contribution in [0.4, 0.5) is 14.5 Å². The molecule has 3 rings (SSSR count). The van der Waals surface area contributed by atoms with Crippen LogP contribution < -0.4 is 26.4 Å². The average Bonchev–Trinajstić information content (AvgIpc) is 3.25. The minimum Gasteiger partial charge on any atom is -0.494 e. The Labute approximate surface area is 217 Å². The molecule has 9 nitrogen and oxygen atoms in total. The fourth-order valence-electron chi connectivity index (χ4n) is 3.42. The number of rotatable bonds is 10. The van der Waals surface area contributed by atoms with E-state index in [4.69, 9.17) is 22.1 Å². The number of halogens is 3. The number of imidazole rings is 1. The van der Waals surface area contributed by atoms with Crippen molar-refractivity contribution in [1.29, 1.82) is 0 Å². The summed E-state index contributed by atoms with van der Waals surface area (Å²) in [5.74, 6) is -3.53. The highest BCUT2D eigenvalue weighted by Crippen LogP contribution is 2.30. The minimum absolute atomic E-state index is 0.0472. The van der Waals surface area contributed by atoms with Crippen molar-refractivity contribution in [2.75, 3.05) is 32.1 Å². The van der Waals surface area contributed by atoms with Crippen LogP contribution in [0.1, 0.15) is 27.9 Å². The van der Waals surface area contributed by atoms with Gasteiger partial charge in [0.2, 0.25) is 5.82 Å². The molecule has 3 aromatic rings. The molecule has 0 aliphatic heterocycles. The number of ether oxygens (including phenoxy) is 1. The molecule has 2 amide bonds. The van der Waals surface area contributed by atoms with E-state index in [9.17, 15) is 18.4 Å². The van der Waals surface area contributed by atoms with Gasteiger partial charge in [-0.1, -0.05) is 11.6 Å². The van der Waals surface area contributed by atoms with Crippen LogP contribution in [0.3, 0.4) is 0 Å². The van der Waals surface area contributed by atoms with Gasteiger partial charge in [-0.2, -0.15) is 4.39 Å². The lowest BCUT2D eigenvalue weighted by molar-refractivity contribution is 0.0956. The lowest BCUT2D eigenvalue weighted by atomic mass is 10.1. The Kier molecular flexibility index (Phi) is 9.20. The van der Waals surface area contributed by atoms with Gasteiger partial charge in [0.25, 0.3) is 11.8 Å². The maximum atomic E-state index is 14.5. The summed E-state index contributed by atoms with van der Waals surface area (Å²) in [5.41, 5.74) is 6.98. The van der Waals surface area contributed by atoms with Crippen LogP contribution in [0.15, 0.2) is 48.3 Å². The average molecular weight is 533 g/mol. The van der Waals surface area contributed by atoms with Gasteiger partial charge >= 0.3 is 0 Å². The number of benzene rings is 2. The van der Waals surface area contributed by atoms with E-state index >= 15 is 0 Å². The highest BCUT2D eigenvalue weighted by Gasteiger charge is 2.21. The molecule has 0 saturated heterocycles. The number of amides is 2. The van der Waals surface area contributed by atoms with Gasteiger partial charge in [0, 0.05) is 37.9 Å². The molecule has 0 unspecified atom stereocenters. The Hall–Kier alpha value is -3.96. The largest absolute Gasteiger partial charge is 0.494 e. The molecule has 2 aromatic carbocycles. The van der Waals surface area contributed by atoms with E-state index in [0.717, 1.165) is 5.57 Å². The zero-order chi connectivity index (χ0) is 27.1. The third-order valence-corrected chi connectivity index (χ3v) is 5.68. The molecule has 196 valence electrons. The predicted octanol–water partition coefficient (Wildman–Crippen LogP) is 3.46. The number of carbonyl (C=O) groups excluding carboxylic acids is 2. The summed E-state index contributed by atoms with van der Waals surface area (Å²) in [7, 11) is 2.73. The number of carbonyl (C=O) groups is 2. The third-order valence-electron chi connectivity index (χ3n) is 5.37. The topological polar surface area (TPSA) is 123 Å². The first-order valence-electron chi connectivity index (χ1n) is 11.2. The number of nitrogens with one attached hydrogen (secondary N) is 3. The predicted molar refractivity (Wildman–Crippen MR) is 138 cm³/mol. The lowest BCUT2D eigenvalue weighted by Crippen LogP contribution is -2.26. The molecule has 1 aromatic heterocycles. The zero-order valence-corrected chi connectivity index (χ0v) is 21.2. The molecule has 0 aliphatic carbocycles. The summed E-state index contributed by atoms with van der Waals surface area (Å²) in [6.45, 7) is 3.29. The number of anilines is 1. The van der Waals surface area contributed by atoms with Crippen LogP contribution in [0, 0.1) is 11.6 Å². The quantitative estimate of drug-likeness (QED) is 0.297. The van der Waals surface area contributed by atoms with Gasteiger partial charge < -0.3 is 31.0 Å². The first-order valence-corrected chi connectivity index (χ1v) is 11.6. The highest BCUT2D eigenvalue weighted by molar-refractivity contribution is 6.34. The Bertz CT molecular complexity index is 1340. The molecular formula is C25H27ClF2N6O3. The maximum absolute atomic E-state index is 14.5. The number of nitrogens with two attached hydrogens (primary N) is 1. The van der Waals surface area contributed by atoms with Crippen molar-refractivity contribution in [3.8, 4) is 17.0 Å². The summed E-state index contributed by atoms with van der Waals surface area (Å²) < 4.78 is 34.8. The number of hydrogen-bond acceptors (Lipinski definition) is 6. The fourth-order valence-corrected chi connectivity index (χ4v) is 3.68. The molecule has 0 aliphatic rings. The van der Waals surface area contributed by atoms with E-state index in [2.05, 4.69) is 20.9 Å². The Balaban J connectivity index is 1.70. The van der Waals surface area contributed by atoms with Crippen molar-refractivity contribution in [3.05, 3.63) is 76.3 Å². The fraction of sp³-hybridized carbons (Fsp3) is 0.240. The van der Waals surface area contributed by atoms with Crippen molar-refractivity contribution < 1.29 is 23.1 Å². The number of nitrogens with zero attached hydrogens (tertiary/aromatic N) is 2. The number of methoxy groups -OCH3 is 1. The van der Waals surface area contributed by atoms with Crippen LogP contribution in [0.25, 0.3) is 11.3 Å².